The van der Waals surface area contributed by atoms with Crippen molar-refractivity contribution in [3.63, 3.8) is 0 Å². The van der Waals surface area contributed by atoms with Crippen molar-refractivity contribution in [2.75, 3.05) is 7.11 Å². The predicted molar refractivity (Wildman–Crippen MR) is 84.3 cm³/mol. The number of esters is 1. The molecule has 25 heavy (non-hydrogen) atoms. The number of rotatable bonds is 6. The number of ether oxygens (including phenoxy) is 2. The summed E-state index contributed by atoms with van der Waals surface area (Å²) in [6, 6.07) is 8.29. The third-order valence-corrected chi connectivity index (χ3v) is 4.05. The number of carbonyl (C=O) groups excluding carboxylic acids is 3. The molecule has 1 heterocycles. The molecule has 2 rings (SSSR count). The van der Waals surface area contributed by atoms with E-state index >= 15 is 0 Å². The van der Waals surface area contributed by atoms with E-state index in [1.807, 2.05) is 6.07 Å². The van der Waals surface area contributed by atoms with Crippen molar-refractivity contribution in [2.24, 2.45) is 5.92 Å². The van der Waals surface area contributed by atoms with Gasteiger partial charge in [0, 0.05) is 0 Å². The molecule has 0 unspecified atom stereocenters. The van der Waals surface area contributed by atoms with Crippen LogP contribution in [0.1, 0.15) is 31.4 Å². The Morgan fingerprint density at radius 1 is 1.24 bits per heavy atom. The van der Waals surface area contributed by atoms with Crippen LogP contribution in [0.15, 0.2) is 30.3 Å². The van der Waals surface area contributed by atoms with E-state index in [1.54, 1.807) is 31.2 Å². The quantitative estimate of drug-likeness (QED) is 0.779. The topological polar surface area (TPSA) is 110 Å². The van der Waals surface area contributed by atoms with Gasteiger partial charge in [0.05, 0.1) is 31.9 Å². The van der Waals surface area contributed by atoms with E-state index in [9.17, 15) is 19.2 Å². The minimum Gasteiger partial charge on any atom is -0.481 e. The van der Waals surface area contributed by atoms with Gasteiger partial charge in [-0.05, 0) is 12.5 Å². The van der Waals surface area contributed by atoms with Gasteiger partial charge < -0.3 is 14.6 Å². The molecule has 0 radical (unpaired) electrons. The molecular formula is C17H19NO7. The average molecular weight is 349 g/mol. The lowest BCUT2D eigenvalue weighted by Crippen LogP contribution is -2.42. The van der Waals surface area contributed by atoms with Gasteiger partial charge in [-0.2, -0.15) is 0 Å². The molecule has 1 aromatic carbocycles. The highest BCUT2D eigenvalue weighted by Gasteiger charge is 2.45. The fourth-order valence-corrected chi connectivity index (χ4v) is 2.78. The van der Waals surface area contributed by atoms with Gasteiger partial charge in [0.15, 0.2) is 0 Å². The average Bonchev–Trinajstić information content (AvgIpc) is 2.88. The van der Waals surface area contributed by atoms with Crippen LogP contribution in [0.3, 0.4) is 0 Å². The summed E-state index contributed by atoms with van der Waals surface area (Å²) in [5, 5.41) is 8.98. The Hall–Kier alpha value is -2.90. The number of carboxylic acids is 1. The number of methoxy groups -OCH3 is 1. The van der Waals surface area contributed by atoms with Crippen molar-refractivity contribution < 1.29 is 33.8 Å². The van der Waals surface area contributed by atoms with E-state index in [2.05, 4.69) is 4.74 Å². The second-order valence-corrected chi connectivity index (χ2v) is 5.74. The van der Waals surface area contributed by atoms with Gasteiger partial charge in [-0.3, -0.25) is 14.4 Å². The molecule has 134 valence electrons. The second-order valence-electron chi connectivity index (χ2n) is 5.74. The molecule has 1 fully saturated rings. The number of hydrogen-bond donors (Lipinski definition) is 1. The zero-order valence-electron chi connectivity index (χ0n) is 13.9. The van der Waals surface area contributed by atoms with E-state index in [0.29, 0.717) is 0 Å². The molecule has 3 atom stereocenters. The molecule has 1 N–H and O–H groups in total. The van der Waals surface area contributed by atoms with E-state index in [1.165, 1.54) is 0 Å². The molecule has 2 amide bonds. The predicted octanol–water partition coefficient (Wildman–Crippen LogP) is 1.75. The fourth-order valence-electron chi connectivity index (χ4n) is 2.78. The largest absolute Gasteiger partial charge is 0.481 e. The van der Waals surface area contributed by atoms with Crippen LogP contribution >= 0.6 is 0 Å². The van der Waals surface area contributed by atoms with Gasteiger partial charge >= 0.3 is 18.0 Å². The monoisotopic (exact) mass is 349 g/mol. The molecule has 0 saturated carbocycles. The molecule has 8 heteroatoms. The molecular weight excluding hydrogens is 330 g/mol. The zero-order valence-corrected chi connectivity index (χ0v) is 13.9. The van der Waals surface area contributed by atoms with Gasteiger partial charge in [0.1, 0.15) is 6.10 Å². The van der Waals surface area contributed by atoms with Crippen molar-refractivity contribution in [1.29, 1.82) is 0 Å². The Labute approximate surface area is 144 Å². The van der Waals surface area contributed by atoms with E-state index < -0.39 is 54.8 Å². The first-order valence-electron chi connectivity index (χ1n) is 7.72. The van der Waals surface area contributed by atoms with E-state index in [4.69, 9.17) is 9.84 Å². The maximum absolute atomic E-state index is 12.7. The normalized spacial score (nSPS) is 20.7. The van der Waals surface area contributed by atoms with Crippen LogP contribution in [0.5, 0.6) is 0 Å². The zero-order chi connectivity index (χ0) is 18.6. The van der Waals surface area contributed by atoms with Crippen LogP contribution in [0.2, 0.25) is 0 Å². The van der Waals surface area contributed by atoms with Gasteiger partial charge in [-0.15, -0.1) is 0 Å². The Balaban J connectivity index is 2.22. The van der Waals surface area contributed by atoms with Crippen molar-refractivity contribution in [2.45, 2.75) is 31.9 Å². The first-order valence-corrected chi connectivity index (χ1v) is 7.72. The summed E-state index contributed by atoms with van der Waals surface area (Å²) in [5.41, 5.74) is 0.724. The minimum absolute atomic E-state index is 0.422. The highest BCUT2D eigenvalue weighted by Crippen LogP contribution is 2.33. The summed E-state index contributed by atoms with van der Waals surface area (Å²) in [4.78, 5) is 48.2. The minimum atomic E-state index is -1.25. The first-order chi connectivity index (χ1) is 11.8. The van der Waals surface area contributed by atoms with Gasteiger partial charge in [0.2, 0.25) is 5.91 Å². The van der Waals surface area contributed by atoms with Gasteiger partial charge in [0.25, 0.3) is 0 Å². The van der Waals surface area contributed by atoms with Crippen molar-refractivity contribution >= 4 is 23.9 Å². The Bertz CT molecular complexity index is 673. The van der Waals surface area contributed by atoms with Crippen LogP contribution in [-0.4, -0.2) is 47.1 Å². The summed E-state index contributed by atoms with van der Waals surface area (Å²) >= 11 is 0. The summed E-state index contributed by atoms with van der Waals surface area (Å²) in [7, 11) is 1.14. The number of aliphatic carboxylic acids is 1. The summed E-state index contributed by atoms with van der Waals surface area (Å²) < 4.78 is 9.78. The maximum atomic E-state index is 12.7. The van der Waals surface area contributed by atoms with E-state index in [0.717, 1.165) is 17.6 Å². The third kappa shape index (κ3) is 4.14. The number of carbonyl (C=O) groups is 4. The highest BCUT2D eigenvalue weighted by atomic mass is 16.6. The van der Waals surface area contributed by atoms with Crippen LogP contribution in [0.4, 0.5) is 4.79 Å². The Morgan fingerprint density at radius 3 is 2.44 bits per heavy atom. The van der Waals surface area contributed by atoms with Crippen LogP contribution in [-0.2, 0) is 23.9 Å². The number of cyclic esters (lactones) is 1. The molecule has 0 bridgehead atoms. The van der Waals surface area contributed by atoms with Crippen molar-refractivity contribution in [3.8, 4) is 0 Å². The number of amides is 2. The molecule has 1 aromatic rings. The summed E-state index contributed by atoms with van der Waals surface area (Å²) in [6.45, 7) is 1.64. The van der Waals surface area contributed by atoms with Crippen LogP contribution in [0, 0.1) is 5.92 Å². The Morgan fingerprint density at radius 2 is 1.88 bits per heavy atom. The first kappa shape index (κ1) is 18.4. The van der Waals surface area contributed by atoms with Gasteiger partial charge in [-0.1, -0.05) is 30.3 Å². The summed E-state index contributed by atoms with van der Waals surface area (Å²) in [6.07, 6.45) is -2.51. The standard InChI is InChI=1S/C17H19NO7/c1-10-15(11-6-4-3-5-7-11)25-17(23)18(10)16(22)12(8-13(19)20)9-14(21)24-2/h3-7,10,12,15H,8-9H2,1-2H3,(H,19,20)/t10-,12-,15-/m0/s1. The fraction of sp³-hybridized carbons (Fsp3) is 0.412. The Kier molecular flexibility index (Phi) is 5.74. The third-order valence-electron chi connectivity index (χ3n) is 4.05. The molecule has 1 saturated heterocycles. The van der Waals surface area contributed by atoms with Crippen LogP contribution < -0.4 is 0 Å². The number of carboxylic acid groups (broad SMARTS) is 1. The SMILES string of the molecule is COC(=O)C[C@H](CC(=O)O)C(=O)N1C(=O)O[C@H](c2ccccc2)[C@@H]1C. The van der Waals surface area contributed by atoms with Crippen LogP contribution in [0.25, 0.3) is 0 Å². The molecule has 0 aromatic heterocycles. The van der Waals surface area contributed by atoms with Gasteiger partial charge in [-0.25, -0.2) is 9.69 Å². The van der Waals surface area contributed by atoms with Crippen molar-refractivity contribution in [1.82, 2.24) is 4.90 Å². The highest BCUT2D eigenvalue weighted by molar-refractivity contribution is 5.97. The number of imide groups is 1. The maximum Gasteiger partial charge on any atom is 0.417 e. The molecule has 0 aliphatic carbocycles. The number of nitrogens with zero attached hydrogens (tertiary/aromatic N) is 1. The number of hydrogen-bond acceptors (Lipinski definition) is 6. The summed E-state index contributed by atoms with van der Waals surface area (Å²) in [5.74, 6) is -3.93. The smallest absolute Gasteiger partial charge is 0.417 e. The molecule has 0 spiro atoms. The number of benzene rings is 1. The lowest BCUT2D eigenvalue weighted by atomic mass is 9.97. The van der Waals surface area contributed by atoms with Crippen molar-refractivity contribution in [3.05, 3.63) is 35.9 Å². The lowest BCUT2D eigenvalue weighted by molar-refractivity contribution is -0.149. The molecule has 1 aliphatic rings. The second kappa shape index (κ2) is 7.78. The molecule has 8 nitrogen and oxygen atoms in total. The lowest BCUT2D eigenvalue weighted by Gasteiger charge is -2.23. The van der Waals surface area contributed by atoms with E-state index in [-0.39, 0.29) is 0 Å². The molecule has 1 aliphatic heterocycles.